The first kappa shape index (κ1) is 25.4. The first-order valence-corrected chi connectivity index (χ1v) is 13.6. The second-order valence-corrected chi connectivity index (χ2v) is 10.7. The van der Waals surface area contributed by atoms with E-state index in [1.807, 2.05) is 84.9 Å². The maximum Gasteiger partial charge on any atom is 0.251 e. The average Bonchev–Trinajstić information content (AvgIpc) is 2.97. The van der Waals surface area contributed by atoms with Gasteiger partial charge in [0.05, 0.1) is 18.1 Å². The van der Waals surface area contributed by atoms with Crippen LogP contribution in [0.15, 0.2) is 102 Å². The van der Waals surface area contributed by atoms with Gasteiger partial charge in [-0.15, -0.1) is 11.8 Å². The summed E-state index contributed by atoms with van der Waals surface area (Å²) in [5.41, 5.74) is 2.04. The molecular formula is C31H30O6S. The molecule has 0 bridgehead atoms. The van der Waals surface area contributed by atoms with Gasteiger partial charge in [0.25, 0.3) is 5.79 Å². The maximum absolute atomic E-state index is 11.8. The molecule has 0 unspecified atom stereocenters. The predicted octanol–water partition coefficient (Wildman–Crippen LogP) is 5.56. The number of fused-ring (bicyclic) bond motifs is 4. The lowest BCUT2D eigenvalue weighted by Crippen LogP contribution is -2.69. The molecule has 1 fully saturated rings. The zero-order valence-corrected chi connectivity index (χ0v) is 21.9. The zero-order valence-electron chi connectivity index (χ0n) is 21.1. The fraction of sp³-hybridized carbons (Fsp3) is 0.290. The summed E-state index contributed by atoms with van der Waals surface area (Å²) >= 11 is 1.55. The van der Waals surface area contributed by atoms with Crippen LogP contribution in [0.25, 0.3) is 10.8 Å². The highest BCUT2D eigenvalue weighted by Crippen LogP contribution is 2.52. The molecule has 4 aromatic carbocycles. The molecule has 6 nitrogen and oxygen atoms in total. The number of hydrogen-bond donors (Lipinski definition) is 1. The van der Waals surface area contributed by atoms with Crippen LogP contribution >= 0.6 is 11.8 Å². The number of aliphatic hydroxyl groups excluding tert-OH is 1. The number of ether oxygens (including phenoxy) is 5. The number of thioether (sulfide) groups is 1. The van der Waals surface area contributed by atoms with Crippen molar-refractivity contribution in [2.75, 3.05) is 13.7 Å². The lowest BCUT2D eigenvalue weighted by atomic mass is 9.98. The Hall–Kier alpha value is -2.91. The topological polar surface area (TPSA) is 66.4 Å². The molecule has 2 heterocycles. The van der Waals surface area contributed by atoms with Crippen LogP contribution in [0, 0.1) is 0 Å². The molecule has 0 aromatic heterocycles. The fourth-order valence-corrected chi connectivity index (χ4v) is 6.50. The molecule has 2 aliphatic rings. The number of rotatable bonds is 8. The van der Waals surface area contributed by atoms with Gasteiger partial charge in [-0.1, -0.05) is 91.0 Å². The highest BCUT2D eigenvalue weighted by atomic mass is 32.2. The number of aliphatic hydroxyl groups is 1. The minimum absolute atomic E-state index is 0.105. The van der Waals surface area contributed by atoms with E-state index in [0.717, 1.165) is 26.8 Å². The summed E-state index contributed by atoms with van der Waals surface area (Å²) in [6, 6.07) is 31.9. The molecule has 0 radical (unpaired) electrons. The molecule has 1 saturated heterocycles. The first-order valence-electron chi connectivity index (χ1n) is 12.7. The molecule has 0 amide bonds. The van der Waals surface area contributed by atoms with Gasteiger partial charge in [0, 0.05) is 7.11 Å². The van der Waals surface area contributed by atoms with E-state index in [0.29, 0.717) is 19.0 Å². The second kappa shape index (κ2) is 11.1. The Labute approximate surface area is 226 Å². The Kier molecular flexibility index (Phi) is 7.39. The van der Waals surface area contributed by atoms with Crippen molar-refractivity contribution >= 4 is 22.5 Å². The molecule has 6 rings (SSSR count). The largest absolute Gasteiger partial charge is 0.457 e. The molecule has 4 aromatic rings. The minimum atomic E-state index is -1.28. The van der Waals surface area contributed by atoms with Gasteiger partial charge in [-0.05, 0) is 28.0 Å². The van der Waals surface area contributed by atoms with Gasteiger partial charge in [0.15, 0.2) is 6.29 Å². The quantitative estimate of drug-likeness (QED) is 0.320. The number of methoxy groups -OCH3 is 1. The SMILES string of the molecule is CO[C@@H]1O[C@@]2(COCc3ccccc3)Oc3ccc4ccccc4c3S[C@H]2[C@H](O)[C@H]1OCc1ccccc1. The third-order valence-electron chi connectivity index (χ3n) is 6.97. The van der Waals surface area contributed by atoms with Gasteiger partial charge in [-0.3, -0.25) is 0 Å². The Balaban J connectivity index is 1.32. The van der Waals surface area contributed by atoms with Crippen LogP contribution in [0.2, 0.25) is 0 Å². The van der Waals surface area contributed by atoms with Crippen LogP contribution in [-0.4, -0.2) is 48.4 Å². The highest BCUT2D eigenvalue weighted by molar-refractivity contribution is 8.00. The van der Waals surface area contributed by atoms with Crippen LogP contribution in [0.5, 0.6) is 5.75 Å². The van der Waals surface area contributed by atoms with Crippen LogP contribution in [0.3, 0.4) is 0 Å². The number of benzene rings is 4. The van der Waals surface area contributed by atoms with Gasteiger partial charge >= 0.3 is 0 Å². The molecular weight excluding hydrogens is 500 g/mol. The van der Waals surface area contributed by atoms with E-state index in [4.69, 9.17) is 23.7 Å². The molecule has 196 valence electrons. The summed E-state index contributed by atoms with van der Waals surface area (Å²) in [6.07, 6.45) is -2.53. The maximum atomic E-state index is 11.8. The Bertz CT molecular complexity index is 1370. The summed E-state index contributed by atoms with van der Waals surface area (Å²) in [4.78, 5) is 0.965. The lowest BCUT2D eigenvalue weighted by molar-refractivity contribution is -0.357. The van der Waals surface area contributed by atoms with Gasteiger partial charge in [-0.25, -0.2) is 0 Å². The standard InChI is InChI=1S/C31H30O6S/c1-33-30-27(35-19-22-12-6-3-7-13-22)26(32)29-31(37-30,20-34-18-21-10-4-2-5-11-21)36-25-17-16-23-14-8-9-15-24(23)28(25)38-29/h2-17,26-27,29-30,32H,18-20H2,1H3/t26-,27-,29+,30-,31-/m1/s1. The summed E-state index contributed by atoms with van der Waals surface area (Å²) < 4.78 is 31.2. The molecule has 0 saturated carbocycles. The summed E-state index contributed by atoms with van der Waals surface area (Å²) in [5, 5.41) is 13.4. The van der Waals surface area contributed by atoms with Crippen molar-refractivity contribution < 1.29 is 28.8 Å². The van der Waals surface area contributed by atoms with Crippen LogP contribution < -0.4 is 4.74 Å². The molecule has 38 heavy (non-hydrogen) atoms. The molecule has 7 heteroatoms. The van der Waals surface area contributed by atoms with Crippen molar-refractivity contribution in [3.8, 4) is 5.75 Å². The summed E-state index contributed by atoms with van der Waals surface area (Å²) in [7, 11) is 1.55. The average molecular weight is 531 g/mol. The van der Waals surface area contributed by atoms with Crippen molar-refractivity contribution in [1.82, 2.24) is 0 Å². The van der Waals surface area contributed by atoms with Crippen molar-refractivity contribution in [3.05, 3.63) is 108 Å². The monoisotopic (exact) mass is 530 g/mol. The third-order valence-corrected chi connectivity index (χ3v) is 8.52. The van der Waals surface area contributed by atoms with E-state index in [9.17, 15) is 5.11 Å². The Morgan fingerprint density at radius 2 is 1.53 bits per heavy atom. The smallest absolute Gasteiger partial charge is 0.251 e. The van der Waals surface area contributed by atoms with Crippen molar-refractivity contribution in [1.29, 1.82) is 0 Å². The van der Waals surface area contributed by atoms with E-state index >= 15 is 0 Å². The third kappa shape index (κ3) is 4.94. The molecule has 5 atom stereocenters. The van der Waals surface area contributed by atoms with E-state index in [-0.39, 0.29) is 6.61 Å². The van der Waals surface area contributed by atoms with Crippen molar-refractivity contribution in [2.24, 2.45) is 0 Å². The Morgan fingerprint density at radius 3 is 2.26 bits per heavy atom. The van der Waals surface area contributed by atoms with Crippen LogP contribution in [0.4, 0.5) is 0 Å². The molecule has 2 aliphatic heterocycles. The highest BCUT2D eigenvalue weighted by Gasteiger charge is 2.60. The van der Waals surface area contributed by atoms with Crippen LogP contribution in [-0.2, 0) is 32.2 Å². The van der Waals surface area contributed by atoms with Gasteiger partial charge in [0.1, 0.15) is 29.8 Å². The first-order chi connectivity index (χ1) is 18.7. The van der Waals surface area contributed by atoms with Crippen molar-refractivity contribution in [2.45, 2.75) is 47.6 Å². The summed E-state index contributed by atoms with van der Waals surface area (Å²) in [5.74, 6) is -0.583. The van der Waals surface area contributed by atoms with Gasteiger partial charge in [-0.2, -0.15) is 0 Å². The Morgan fingerprint density at radius 1 is 0.842 bits per heavy atom. The normalized spacial score (nSPS) is 26.4. The molecule has 1 N–H and O–H groups in total. The van der Waals surface area contributed by atoms with E-state index in [1.54, 1.807) is 18.9 Å². The lowest BCUT2D eigenvalue weighted by Gasteiger charge is -2.52. The van der Waals surface area contributed by atoms with E-state index in [1.165, 1.54) is 0 Å². The second-order valence-electron chi connectivity index (χ2n) is 9.52. The predicted molar refractivity (Wildman–Crippen MR) is 146 cm³/mol. The van der Waals surface area contributed by atoms with E-state index in [2.05, 4.69) is 12.1 Å². The van der Waals surface area contributed by atoms with Gasteiger partial charge < -0.3 is 28.8 Å². The molecule has 0 spiro atoms. The minimum Gasteiger partial charge on any atom is -0.457 e. The molecule has 0 aliphatic carbocycles. The van der Waals surface area contributed by atoms with Crippen molar-refractivity contribution in [3.63, 3.8) is 0 Å². The van der Waals surface area contributed by atoms with Gasteiger partial charge in [0.2, 0.25) is 0 Å². The fourth-order valence-electron chi connectivity index (χ4n) is 5.06. The van der Waals surface area contributed by atoms with E-state index < -0.39 is 29.5 Å². The van der Waals surface area contributed by atoms with Crippen LogP contribution in [0.1, 0.15) is 11.1 Å². The summed E-state index contributed by atoms with van der Waals surface area (Å²) in [6.45, 7) is 0.814. The zero-order chi connectivity index (χ0) is 26.0. The number of hydrogen-bond acceptors (Lipinski definition) is 7.